The van der Waals surface area contributed by atoms with Crippen molar-refractivity contribution in [1.29, 1.82) is 0 Å². The summed E-state index contributed by atoms with van der Waals surface area (Å²) >= 11 is -2.14. The lowest BCUT2D eigenvalue weighted by Crippen LogP contribution is -1.87. The van der Waals surface area contributed by atoms with Gasteiger partial charge in [-0.1, -0.05) is 18.7 Å². The number of hydrogen-bond donors (Lipinski definition) is 0. The van der Waals surface area contributed by atoms with Gasteiger partial charge in [-0.2, -0.15) is 0 Å². The number of benzene rings is 1. The largest absolute Gasteiger partial charge is 0.768 e. The molecule has 0 saturated heterocycles. The zero-order valence-corrected chi connectivity index (χ0v) is 7.14. The highest BCUT2D eigenvalue weighted by molar-refractivity contribution is 7.79. The molecule has 3 heteroatoms. The fourth-order valence-corrected chi connectivity index (χ4v) is 1.15. The quantitative estimate of drug-likeness (QED) is 0.512. The minimum absolute atomic E-state index is 0.288. The molecule has 0 amide bonds. The summed E-state index contributed by atoms with van der Waals surface area (Å²) in [5, 5.41) is 0. The summed E-state index contributed by atoms with van der Waals surface area (Å²) in [5.41, 5.74) is 3.49. The second kappa shape index (κ2) is 4.02. The third-order valence-corrected chi connectivity index (χ3v) is 2.00. The second-order valence-corrected chi connectivity index (χ2v) is 3.09. The van der Waals surface area contributed by atoms with E-state index in [0.29, 0.717) is 0 Å². The normalized spacial score (nSPS) is 11.8. The minimum Gasteiger partial charge on any atom is -0.768 e. The Bertz CT molecular complexity index is 313. The molecule has 0 aliphatic heterocycles. The average Bonchev–Trinajstić information content (AvgIpc) is 2.06. The summed E-state index contributed by atoms with van der Waals surface area (Å²) in [4.78, 5) is 0.288. The van der Waals surface area contributed by atoms with Crippen molar-refractivity contribution in [3.8, 4) is 0 Å². The zero-order valence-electron chi connectivity index (χ0n) is 6.32. The predicted octanol–water partition coefficient (Wildman–Crippen LogP) is 1.72. The fourth-order valence-electron chi connectivity index (χ4n) is 0.793. The van der Waals surface area contributed by atoms with Crippen LogP contribution in [0.4, 0.5) is 0 Å². The van der Waals surface area contributed by atoms with Gasteiger partial charge >= 0.3 is 0 Å². The van der Waals surface area contributed by atoms with Crippen molar-refractivity contribution in [3.63, 3.8) is 0 Å². The van der Waals surface area contributed by atoms with Crippen LogP contribution < -0.4 is 0 Å². The molecular formula is C9H7O2S-. The SMILES string of the molecule is C=C=Cc1ccc(S(=O)[O-])cc1. The lowest BCUT2D eigenvalue weighted by Gasteiger charge is -2.03. The van der Waals surface area contributed by atoms with Gasteiger partial charge in [0.05, 0.1) is 0 Å². The van der Waals surface area contributed by atoms with Gasteiger partial charge in [0.2, 0.25) is 0 Å². The molecule has 1 rings (SSSR count). The molecule has 0 aromatic heterocycles. The minimum atomic E-state index is -2.14. The van der Waals surface area contributed by atoms with Gasteiger partial charge < -0.3 is 4.55 Å². The molecule has 0 bridgehead atoms. The van der Waals surface area contributed by atoms with E-state index in [-0.39, 0.29) is 4.90 Å². The summed E-state index contributed by atoms with van der Waals surface area (Å²) in [5.74, 6) is 0. The van der Waals surface area contributed by atoms with Crippen LogP contribution in [0, 0.1) is 0 Å². The molecule has 0 aliphatic rings. The molecule has 12 heavy (non-hydrogen) atoms. The van der Waals surface area contributed by atoms with E-state index in [4.69, 9.17) is 0 Å². The first-order valence-electron chi connectivity index (χ1n) is 3.29. The molecule has 1 aromatic rings. The van der Waals surface area contributed by atoms with E-state index < -0.39 is 11.1 Å². The Balaban J connectivity index is 3.00. The molecule has 62 valence electrons. The van der Waals surface area contributed by atoms with Crippen LogP contribution in [0.25, 0.3) is 6.08 Å². The first kappa shape index (κ1) is 8.94. The Kier molecular flexibility index (Phi) is 3.00. The molecule has 1 atom stereocenters. The molecule has 0 fully saturated rings. The van der Waals surface area contributed by atoms with Crippen molar-refractivity contribution in [2.24, 2.45) is 0 Å². The van der Waals surface area contributed by atoms with Gasteiger partial charge in [-0.25, -0.2) is 0 Å². The van der Waals surface area contributed by atoms with Crippen molar-refractivity contribution in [2.75, 3.05) is 0 Å². The molecule has 1 unspecified atom stereocenters. The van der Waals surface area contributed by atoms with E-state index in [2.05, 4.69) is 12.3 Å². The summed E-state index contributed by atoms with van der Waals surface area (Å²) < 4.78 is 20.9. The van der Waals surface area contributed by atoms with Crippen LogP contribution in [0.3, 0.4) is 0 Å². The van der Waals surface area contributed by atoms with Gasteiger partial charge in [-0.3, -0.25) is 4.21 Å². The summed E-state index contributed by atoms with van der Waals surface area (Å²) in [6, 6.07) is 6.46. The van der Waals surface area contributed by atoms with Gasteiger partial charge in [0.15, 0.2) is 0 Å². The maximum absolute atomic E-state index is 10.4. The lowest BCUT2D eigenvalue weighted by molar-refractivity contribution is 0.537. The number of hydrogen-bond acceptors (Lipinski definition) is 2. The molecule has 0 saturated carbocycles. The van der Waals surface area contributed by atoms with Crippen LogP contribution in [0.15, 0.2) is 41.5 Å². The first-order chi connectivity index (χ1) is 5.74. The third kappa shape index (κ3) is 2.17. The smallest absolute Gasteiger partial charge is 0.0249 e. The monoisotopic (exact) mass is 179 g/mol. The van der Waals surface area contributed by atoms with E-state index >= 15 is 0 Å². The van der Waals surface area contributed by atoms with Crippen molar-refractivity contribution in [1.82, 2.24) is 0 Å². The Hall–Kier alpha value is -1.15. The van der Waals surface area contributed by atoms with E-state index in [1.807, 2.05) is 0 Å². The van der Waals surface area contributed by atoms with Crippen LogP contribution in [-0.4, -0.2) is 8.76 Å². The van der Waals surface area contributed by atoms with E-state index in [9.17, 15) is 8.76 Å². The Morgan fingerprint density at radius 3 is 2.42 bits per heavy atom. The van der Waals surface area contributed by atoms with E-state index in [0.717, 1.165) is 5.56 Å². The highest BCUT2D eigenvalue weighted by atomic mass is 32.2. The van der Waals surface area contributed by atoms with Gasteiger partial charge in [0, 0.05) is 4.90 Å². The molecule has 1 aromatic carbocycles. The number of rotatable bonds is 2. The molecule has 2 nitrogen and oxygen atoms in total. The first-order valence-corrected chi connectivity index (χ1v) is 4.36. The van der Waals surface area contributed by atoms with Crippen molar-refractivity contribution < 1.29 is 8.76 Å². The van der Waals surface area contributed by atoms with Crippen molar-refractivity contribution in [3.05, 3.63) is 42.1 Å². The summed E-state index contributed by atoms with van der Waals surface area (Å²) in [6.45, 7) is 3.41. The Labute approximate surface area is 73.5 Å². The van der Waals surface area contributed by atoms with E-state index in [1.165, 1.54) is 12.1 Å². The van der Waals surface area contributed by atoms with Crippen LogP contribution in [0.1, 0.15) is 5.56 Å². The van der Waals surface area contributed by atoms with Crippen molar-refractivity contribution >= 4 is 17.2 Å². The molecule has 0 spiro atoms. The Morgan fingerprint density at radius 2 is 2.00 bits per heavy atom. The van der Waals surface area contributed by atoms with Gasteiger partial charge in [0.1, 0.15) is 0 Å². The molecule has 0 radical (unpaired) electrons. The summed E-state index contributed by atoms with van der Waals surface area (Å²) in [7, 11) is 0. The highest BCUT2D eigenvalue weighted by Crippen LogP contribution is 2.07. The molecule has 0 heterocycles. The lowest BCUT2D eigenvalue weighted by atomic mass is 10.2. The molecular weight excluding hydrogens is 172 g/mol. The van der Waals surface area contributed by atoms with Gasteiger partial charge in [-0.15, -0.1) is 5.73 Å². The summed E-state index contributed by atoms with van der Waals surface area (Å²) in [6.07, 6.45) is 1.68. The van der Waals surface area contributed by atoms with Gasteiger partial charge in [0.25, 0.3) is 0 Å². The maximum Gasteiger partial charge on any atom is 0.0249 e. The molecule has 0 N–H and O–H groups in total. The standard InChI is InChI=1S/C9H8O2S/c1-2-3-8-4-6-9(7-5-8)12(10)11/h3-7H,1H2,(H,10,11)/p-1. The van der Waals surface area contributed by atoms with Crippen molar-refractivity contribution in [2.45, 2.75) is 4.90 Å². The average molecular weight is 179 g/mol. The predicted molar refractivity (Wildman–Crippen MR) is 47.2 cm³/mol. The van der Waals surface area contributed by atoms with E-state index in [1.54, 1.807) is 18.2 Å². The third-order valence-electron chi connectivity index (χ3n) is 1.34. The highest BCUT2D eigenvalue weighted by Gasteiger charge is 1.90. The van der Waals surface area contributed by atoms with Crippen LogP contribution in [-0.2, 0) is 11.1 Å². The second-order valence-electron chi connectivity index (χ2n) is 2.15. The van der Waals surface area contributed by atoms with Crippen LogP contribution in [0.5, 0.6) is 0 Å². The van der Waals surface area contributed by atoms with Crippen LogP contribution >= 0.6 is 0 Å². The van der Waals surface area contributed by atoms with Crippen LogP contribution in [0.2, 0.25) is 0 Å². The fraction of sp³-hybridized carbons (Fsp3) is 0. The molecule has 0 aliphatic carbocycles. The van der Waals surface area contributed by atoms with Gasteiger partial charge in [-0.05, 0) is 34.9 Å². The topological polar surface area (TPSA) is 40.1 Å². The maximum atomic E-state index is 10.4. The Morgan fingerprint density at radius 1 is 1.42 bits per heavy atom. The zero-order chi connectivity index (χ0) is 8.97.